The van der Waals surface area contributed by atoms with Gasteiger partial charge in [-0.05, 0) is 53.4 Å². The number of hydrogen-bond acceptors (Lipinski definition) is 7. The Morgan fingerprint density at radius 2 is 1.93 bits per heavy atom. The smallest absolute Gasteiger partial charge is 0.410 e. The minimum Gasteiger partial charge on any atom is -0.444 e. The highest BCUT2D eigenvalue weighted by Crippen LogP contribution is 2.32. The molecule has 3 rings (SSSR count). The quantitative estimate of drug-likeness (QED) is 0.721. The van der Waals surface area contributed by atoms with Crippen LogP contribution in [0.4, 0.5) is 22.2 Å². The Labute approximate surface area is 167 Å². The summed E-state index contributed by atoms with van der Waals surface area (Å²) in [6.45, 7) is 9.18. The predicted molar refractivity (Wildman–Crippen MR) is 111 cm³/mol. The first-order valence-electron chi connectivity index (χ1n) is 10.3. The second-order valence-electron chi connectivity index (χ2n) is 9.28. The monoisotopic (exact) mass is 390 g/mol. The molecule has 4 N–H and O–H groups in total. The molecule has 2 fully saturated rings. The maximum atomic E-state index is 12.2. The normalized spacial score (nSPS) is 20.1. The number of aromatic nitrogens is 2. The zero-order chi connectivity index (χ0) is 20.4. The van der Waals surface area contributed by atoms with Gasteiger partial charge in [0.1, 0.15) is 5.60 Å². The lowest BCUT2D eigenvalue weighted by molar-refractivity contribution is 0.0210. The fraction of sp³-hybridized carbons (Fsp3) is 0.750. The molecule has 0 unspecified atom stereocenters. The number of piperidine rings is 1. The Balaban J connectivity index is 1.56. The summed E-state index contributed by atoms with van der Waals surface area (Å²) < 4.78 is 5.46. The van der Waals surface area contributed by atoms with Crippen LogP contribution in [0, 0.1) is 0 Å². The lowest BCUT2D eigenvalue weighted by atomic mass is 10.0. The number of hydrogen-bond donors (Lipinski definition) is 3. The maximum Gasteiger partial charge on any atom is 0.410 e. The van der Waals surface area contributed by atoms with Crippen molar-refractivity contribution < 1.29 is 9.53 Å². The highest BCUT2D eigenvalue weighted by Gasteiger charge is 2.30. The molecule has 2 heterocycles. The number of anilines is 3. The molecule has 1 aromatic heterocycles. The zero-order valence-electron chi connectivity index (χ0n) is 17.5. The van der Waals surface area contributed by atoms with Crippen LogP contribution in [0.5, 0.6) is 0 Å². The standard InChI is InChI=1S/C20H34N6O2/c1-19(2,3)28-18(27)26-11-7-14(8-12-26)23-16-15(21)13-22-17(24-16)25-20(4)9-5-6-10-20/h13-14H,5-12,21H2,1-4H3,(H2,22,23,24,25). The van der Waals surface area contributed by atoms with E-state index in [4.69, 9.17) is 10.5 Å². The number of nitrogens with zero attached hydrogens (tertiary/aromatic N) is 3. The van der Waals surface area contributed by atoms with Gasteiger partial charge in [-0.15, -0.1) is 0 Å². The van der Waals surface area contributed by atoms with E-state index in [0.29, 0.717) is 30.5 Å². The highest BCUT2D eigenvalue weighted by atomic mass is 16.6. The van der Waals surface area contributed by atoms with Gasteiger partial charge in [0.05, 0.1) is 11.9 Å². The van der Waals surface area contributed by atoms with Gasteiger partial charge in [-0.1, -0.05) is 12.8 Å². The largest absolute Gasteiger partial charge is 0.444 e. The Morgan fingerprint density at radius 3 is 2.54 bits per heavy atom. The molecule has 1 aromatic rings. The molecule has 28 heavy (non-hydrogen) atoms. The number of nitrogens with two attached hydrogens (primary N) is 1. The molecule has 0 bridgehead atoms. The van der Waals surface area contributed by atoms with Crippen molar-refractivity contribution in [2.45, 2.75) is 83.4 Å². The summed E-state index contributed by atoms with van der Waals surface area (Å²) in [5.41, 5.74) is 6.22. The molecule has 156 valence electrons. The number of nitrogen functional groups attached to an aromatic ring is 1. The summed E-state index contributed by atoms with van der Waals surface area (Å²) in [5, 5.41) is 6.92. The Morgan fingerprint density at radius 1 is 1.29 bits per heavy atom. The number of amides is 1. The number of likely N-dealkylation sites (tertiary alicyclic amines) is 1. The van der Waals surface area contributed by atoms with E-state index in [1.54, 1.807) is 11.1 Å². The van der Waals surface area contributed by atoms with E-state index in [-0.39, 0.29) is 17.7 Å². The molecule has 1 aliphatic heterocycles. The third-order valence-electron chi connectivity index (χ3n) is 5.43. The average molecular weight is 391 g/mol. The summed E-state index contributed by atoms with van der Waals surface area (Å²) in [6, 6.07) is 0.214. The van der Waals surface area contributed by atoms with E-state index in [1.165, 1.54) is 12.8 Å². The molecule has 1 saturated carbocycles. The van der Waals surface area contributed by atoms with E-state index in [1.807, 2.05) is 20.8 Å². The van der Waals surface area contributed by atoms with Crippen LogP contribution in [0.2, 0.25) is 0 Å². The number of rotatable bonds is 4. The molecule has 2 aliphatic rings. The van der Waals surface area contributed by atoms with Gasteiger partial charge in [0, 0.05) is 24.7 Å². The van der Waals surface area contributed by atoms with Crippen molar-refractivity contribution in [2.75, 3.05) is 29.5 Å². The van der Waals surface area contributed by atoms with E-state index in [9.17, 15) is 4.79 Å². The van der Waals surface area contributed by atoms with Crippen LogP contribution in [0.15, 0.2) is 6.20 Å². The molecular weight excluding hydrogens is 356 g/mol. The fourth-order valence-electron chi connectivity index (χ4n) is 3.84. The van der Waals surface area contributed by atoms with Gasteiger partial charge in [-0.25, -0.2) is 9.78 Å². The third-order valence-corrected chi connectivity index (χ3v) is 5.43. The molecule has 1 amide bonds. The minimum atomic E-state index is -0.471. The molecular formula is C20H34N6O2. The first-order chi connectivity index (χ1) is 13.1. The van der Waals surface area contributed by atoms with Crippen molar-refractivity contribution in [3.63, 3.8) is 0 Å². The molecule has 0 spiro atoms. The molecule has 8 nitrogen and oxygen atoms in total. The van der Waals surface area contributed by atoms with Crippen molar-refractivity contribution in [1.29, 1.82) is 0 Å². The fourth-order valence-corrected chi connectivity index (χ4v) is 3.84. The van der Waals surface area contributed by atoms with Gasteiger partial charge in [0.25, 0.3) is 0 Å². The summed E-state index contributed by atoms with van der Waals surface area (Å²) in [4.78, 5) is 22.9. The zero-order valence-corrected chi connectivity index (χ0v) is 17.5. The summed E-state index contributed by atoms with van der Waals surface area (Å²) in [5.74, 6) is 1.28. The van der Waals surface area contributed by atoms with Crippen LogP contribution in [0.3, 0.4) is 0 Å². The second-order valence-corrected chi connectivity index (χ2v) is 9.28. The molecule has 1 saturated heterocycles. The Hall–Kier alpha value is -2.25. The summed E-state index contributed by atoms with van der Waals surface area (Å²) in [6.07, 6.45) is 7.79. The van der Waals surface area contributed by atoms with Crippen LogP contribution in [-0.4, -0.2) is 51.2 Å². The number of nitrogens with one attached hydrogen (secondary N) is 2. The molecule has 0 radical (unpaired) electrons. The van der Waals surface area contributed by atoms with Gasteiger partial charge >= 0.3 is 6.09 Å². The minimum absolute atomic E-state index is 0.0616. The second kappa shape index (κ2) is 8.01. The lowest BCUT2D eigenvalue weighted by Gasteiger charge is -2.34. The highest BCUT2D eigenvalue weighted by molar-refractivity contribution is 5.68. The topological polar surface area (TPSA) is 105 Å². The Kier molecular flexibility index (Phi) is 5.86. The van der Waals surface area contributed by atoms with Crippen molar-refractivity contribution in [3.05, 3.63) is 6.20 Å². The van der Waals surface area contributed by atoms with Gasteiger partial charge in [0.2, 0.25) is 5.95 Å². The van der Waals surface area contributed by atoms with Gasteiger partial charge in [-0.2, -0.15) is 4.98 Å². The van der Waals surface area contributed by atoms with Crippen LogP contribution >= 0.6 is 0 Å². The summed E-state index contributed by atoms with van der Waals surface area (Å²) >= 11 is 0. The van der Waals surface area contributed by atoms with E-state index < -0.39 is 5.60 Å². The van der Waals surface area contributed by atoms with Crippen molar-refractivity contribution in [1.82, 2.24) is 14.9 Å². The maximum absolute atomic E-state index is 12.2. The number of carbonyl (C=O) groups is 1. The molecule has 8 heteroatoms. The first kappa shape index (κ1) is 20.5. The number of carbonyl (C=O) groups excluding carboxylic acids is 1. The van der Waals surface area contributed by atoms with Crippen molar-refractivity contribution in [2.24, 2.45) is 0 Å². The molecule has 0 atom stereocenters. The average Bonchev–Trinajstić information content (AvgIpc) is 3.03. The third kappa shape index (κ3) is 5.39. The van der Waals surface area contributed by atoms with Crippen LogP contribution < -0.4 is 16.4 Å². The van der Waals surface area contributed by atoms with Crippen LogP contribution in [0.1, 0.15) is 66.2 Å². The van der Waals surface area contributed by atoms with Crippen LogP contribution in [0.25, 0.3) is 0 Å². The number of ether oxygens (including phenoxy) is 1. The first-order valence-corrected chi connectivity index (χ1v) is 10.3. The van der Waals surface area contributed by atoms with E-state index >= 15 is 0 Å². The van der Waals surface area contributed by atoms with Gasteiger partial charge in [0.15, 0.2) is 5.82 Å². The van der Waals surface area contributed by atoms with E-state index in [2.05, 4.69) is 27.5 Å². The SMILES string of the molecule is CC1(Nc2ncc(N)c(NC3CCN(C(=O)OC(C)(C)C)CC3)n2)CCCC1. The lowest BCUT2D eigenvalue weighted by Crippen LogP contribution is -2.44. The van der Waals surface area contributed by atoms with E-state index in [0.717, 1.165) is 25.7 Å². The van der Waals surface area contributed by atoms with Crippen LogP contribution in [-0.2, 0) is 4.74 Å². The molecule has 0 aromatic carbocycles. The van der Waals surface area contributed by atoms with Crippen molar-refractivity contribution in [3.8, 4) is 0 Å². The van der Waals surface area contributed by atoms with Gasteiger partial charge < -0.3 is 26.0 Å². The Bertz CT molecular complexity index is 688. The predicted octanol–water partition coefficient (Wildman–Crippen LogP) is 3.61. The summed E-state index contributed by atoms with van der Waals surface area (Å²) in [7, 11) is 0. The molecule has 1 aliphatic carbocycles. The van der Waals surface area contributed by atoms with Crippen molar-refractivity contribution >= 4 is 23.5 Å². The van der Waals surface area contributed by atoms with Gasteiger partial charge in [-0.3, -0.25) is 0 Å².